The molecular formula is C16H28N4O3. The maximum absolute atomic E-state index is 11.8. The summed E-state index contributed by atoms with van der Waals surface area (Å²) in [5, 5.41) is 10.1. The second-order valence-corrected chi connectivity index (χ2v) is 7.44. The van der Waals surface area contributed by atoms with Gasteiger partial charge in [0.15, 0.2) is 5.82 Å². The Morgan fingerprint density at radius 3 is 2.74 bits per heavy atom. The Balaban J connectivity index is 1.84. The minimum atomic E-state index is -0.478. The molecule has 0 aromatic carbocycles. The number of rotatable bonds is 5. The Bertz CT molecular complexity index is 522. The molecule has 7 heteroatoms. The van der Waals surface area contributed by atoms with Gasteiger partial charge in [-0.3, -0.25) is 0 Å². The topological polar surface area (TPSA) is 89.3 Å². The third-order valence-electron chi connectivity index (χ3n) is 3.83. The average Bonchev–Trinajstić information content (AvgIpc) is 3.04. The lowest BCUT2D eigenvalue weighted by Gasteiger charge is -2.23. The SMILES string of the molecule is CC(C)c1noc(N[C@@H]2CCC[C@H]2CNC(=O)OC(C)(C)C)n1. The number of anilines is 1. The van der Waals surface area contributed by atoms with E-state index in [2.05, 4.69) is 20.8 Å². The van der Waals surface area contributed by atoms with Crippen LogP contribution in [-0.4, -0.2) is 34.4 Å². The van der Waals surface area contributed by atoms with Crippen molar-refractivity contribution in [3.05, 3.63) is 5.82 Å². The Morgan fingerprint density at radius 1 is 1.39 bits per heavy atom. The number of carbonyl (C=O) groups excluding carboxylic acids is 1. The maximum Gasteiger partial charge on any atom is 0.407 e. The second-order valence-electron chi connectivity index (χ2n) is 7.44. The summed E-state index contributed by atoms with van der Waals surface area (Å²) in [5.74, 6) is 1.27. The summed E-state index contributed by atoms with van der Waals surface area (Å²) in [6.07, 6.45) is 2.82. The lowest BCUT2D eigenvalue weighted by Crippen LogP contribution is -2.38. The molecular weight excluding hydrogens is 296 g/mol. The molecule has 1 aromatic rings. The van der Waals surface area contributed by atoms with Crippen molar-refractivity contribution in [3.8, 4) is 0 Å². The lowest BCUT2D eigenvalue weighted by molar-refractivity contribution is 0.0519. The summed E-state index contributed by atoms with van der Waals surface area (Å²) < 4.78 is 10.5. The lowest BCUT2D eigenvalue weighted by atomic mass is 10.0. The first-order valence-electron chi connectivity index (χ1n) is 8.31. The van der Waals surface area contributed by atoms with Crippen LogP contribution in [-0.2, 0) is 4.74 Å². The highest BCUT2D eigenvalue weighted by atomic mass is 16.6. The van der Waals surface area contributed by atoms with Gasteiger partial charge in [0.05, 0.1) is 0 Å². The van der Waals surface area contributed by atoms with Gasteiger partial charge in [-0.1, -0.05) is 25.4 Å². The molecule has 0 spiro atoms. The van der Waals surface area contributed by atoms with E-state index < -0.39 is 5.60 Å². The van der Waals surface area contributed by atoms with E-state index in [9.17, 15) is 4.79 Å². The Kier molecular flexibility index (Phi) is 5.49. The quantitative estimate of drug-likeness (QED) is 0.864. The van der Waals surface area contributed by atoms with E-state index in [4.69, 9.17) is 9.26 Å². The van der Waals surface area contributed by atoms with E-state index in [0.717, 1.165) is 19.3 Å². The molecule has 130 valence electrons. The van der Waals surface area contributed by atoms with Gasteiger partial charge in [-0.2, -0.15) is 4.98 Å². The molecule has 0 unspecified atom stereocenters. The molecule has 1 fully saturated rings. The molecule has 0 radical (unpaired) electrons. The first-order chi connectivity index (χ1) is 10.7. The third-order valence-corrected chi connectivity index (χ3v) is 3.83. The molecule has 0 bridgehead atoms. The van der Waals surface area contributed by atoms with Crippen LogP contribution in [0.1, 0.15) is 65.6 Å². The smallest absolute Gasteiger partial charge is 0.407 e. The van der Waals surface area contributed by atoms with Gasteiger partial charge in [0.1, 0.15) is 5.60 Å². The number of alkyl carbamates (subject to hydrolysis) is 1. The Morgan fingerprint density at radius 2 is 2.13 bits per heavy atom. The van der Waals surface area contributed by atoms with Gasteiger partial charge in [0, 0.05) is 18.5 Å². The molecule has 2 N–H and O–H groups in total. The first-order valence-corrected chi connectivity index (χ1v) is 8.31. The molecule has 0 aliphatic heterocycles. The minimum absolute atomic E-state index is 0.227. The van der Waals surface area contributed by atoms with E-state index in [0.29, 0.717) is 24.3 Å². The normalized spacial score (nSPS) is 21.5. The van der Waals surface area contributed by atoms with Crippen molar-refractivity contribution in [2.45, 2.75) is 71.4 Å². The van der Waals surface area contributed by atoms with Crippen molar-refractivity contribution in [2.75, 3.05) is 11.9 Å². The van der Waals surface area contributed by atoms with E-state index in [1.165, 1.54) is 0 Å². The zero-order chi connectivity index (χ0) is 17.0. The van der Waals surface area contributed by atoms with Crippen molar-refractivity contribution >= 4 is 12.1 Å². The van der Waals surface area contributed by atoms with Crippen LogP contribution in [0, 0.1) is 5.92 Å². The van der Waals surface area contributed by atoms with E-state index in [1.54, 1.807) is 0 Å². The molecule has 1 saturated carbocycles. The highest BCUT2D eigenvalue weighted by Gasteiger charge is 2.29. The average molecular weight is 324 g/mol. The van der Waals surface area contributed by atoms with Crippen molar-refractivity contribution < 1.29 is 14.1 Å². The number of amides is 1. The van der Waals surface area contributed by atoms with Crippen molar-refractivity contribution in [1.82, 2.24) is 15.5 Å². The van der Waals surface area contributed by atoms with Crippen molar-refractivity contribution in [3.63, 3.8) is 0 Å². The molecule has 0 saturated heterocycles. The molecule has 1 heterocycles. The molecule has 23 heavy (non-hydrogen) atoms. The van der Waals surface area contributed by atoms with Gasteiger partial charge in [-0.05, 0) is 39.5 Å². The molecule has 2 atom stereocenters. The number of hydrogen-bond donors (Lipinski definition) is 2. The number of nitrogens with one attached hydrogen (secondary N) is 2. The molecule has 1 aromatic heterocycles. The number of hydrogen-bond acceptors (Lipinski definition) is 6. The summed E-state index contributed by atoms with van der Waals surface area (Å²) in [4.78, 5) is 16.1. The van der Waals surface area contributed by atoms with E-state index >= 15 is 0 Å². The van der Waals surface area contributed by atoms with Crippen molar-refractivity contribution in [1.29, 1.82) is 0 Å². The molecule has 1 amide bonds. The molecule has 1 aliphatic rings. The predicted molar refractivity (Wildman–Crippen MR) is 87.4 cm³/mol. The molecule has 1 aliphatic carbocycles. The monoisotopic (exact) mass is 324 g/mol. The van der Waals surface area contributed by atoms with Gasteiger partial charge in [0.2, 0.25) is 0 Å². The maximum atomic E-state index is 11.8. The fourth-order valence-electron chi connectivity index (χ4n) is 2.69. The third kappa shape index (κ3) is 5.41. The minimum Gasteiger partial charge on any atom is -0.444 e. The van der Waals surface area contributed by atoms with Gasteiger partial charge >= 0.3 is 12.1 Å². The van der Waals surface area contributed by atoms with E-state index in [1.807, 2.05) is 34.6 Å². The summed E-state index contributed by atoms with van der Waals surface area (Å²) in [6, 6.07) is 0.688. The highest BCUT2D eigenvalue weighted by molar-refractivity contribution is 5.67. The van der Waals surface area contributed by atoms with Crippen LogP contribution in [0.15, 0.2) is 4.52 Å². The van der Waals surface area contributed by atoms with Crippen LogP contribution in [0.5, 0.6) is 0 Å². The van der Waals surface area contributed by atoms with Crippen LogP contribution in [0.25, 0.3) is 0 Å². The number of aromatic nitrogens is 2. The first kappa shape index (κ1) is 17.6. The van der Waals surface area contributed by atoms with Crippen molar-refractivity contribution in [2.24, 2.45) is 5.92 Å². The van der Waals surface area contributed by atoms with Gasteiger partial charge in [0.25, 0.3) is 0 Å². The zero-order valence-electron chi connectivity index (χ0n) is 14.7. The van der Waals surface area contributed by atoms with Crippen LogP contribution >= 0.6 is 0 Å². The summed E-state index contributed by atoms with van der Waals surface area (Å²) in [5.41, 5.74) is -0.478. The molecule has 7 nitrogen and oxygen atoms in total. The number of ether oxygens (including phenoxy) is 1. The van der Waals surface area contributed by atoms with Gasteiger partial charge in [-0.15, -0.1) is 0 Å². The number of carbonyl (C=O) groups is 1. The fraction of sp³-hybridized carbons (Fsp3) is 0.812. The van der Waals surface area contributed by atoms with Gasteiger partial charge in [-0.25, -0.2) is 4.79 Å². The standard InChI is InChI=1S/C16H28N4O3/c1-10(2)13-19-14(23-20-13)18-12-8-6-7-11(12)9-17-15(21)22-16(3,4)5/h10-12H,6-9H2,1-5H3,(H,17,21)(H,18,19,20)/t11-,12+/m0/s1. The largest absolute Gasteiger partial charge is 0.444 e. The summed E-state index contributed by atoms with van der Waals surface area (Å²) in [7, 11) is 0. The Hall–Kier alpha value is -1.79. The highest BCUT2D eigenvalue weighted by Crippen LogP contribution is 2.28. The summed E-state index contributed by atoms with van der Waals surface area (Å²) in [6.45, 7) is 10.2. The van der Waals surface area contributed by atoms with Crippen LogP contribution in [0.3, 0.4) is 0 Å². The number of nitrogens with zero attached hydrogens (tertiary/aromatic N) is 2. The second kappa shape index (κ2) is 7.19. The van der Waals surface area contributed by atoms with Crippen LogP contribution in [0.2, 0.25) is 0 Å². The predicted octanol–water partition coefficient (Wildman–Crippen LogP) is 3.30. The van der Waals surface area contributed by atoms with Crippen LogP contribution < -0.4 is 10.6 Å². The summed E-state index contributed by atoms with van der Waals surface area (Å²) >= 11 is 0. The van der Waals surface area contributed by atoms with E-state index in [-0.39, 0.29) is 18.1 Å². The fourth-order valence-corrected chi connectivity index (χ4v) is 2.69. The van der Waals surface area contributed by atoms with Gasteiger partial charge < -0.3 is 19.9 Å². The zero-order valence-corrected chi connectivity index (χ0v) is 14.7. The Labute approximate surface area is 137 Å². The molecule has 2 rings (SSSR count). The van der Waals surface area contributed by atoms with Crippen LogP contribution in [0.4, 0.5) is 10.8 Å².